The first kappa shape index (κ1) is 10.9. The Kier molecular flexibility index (Phi) is 4.31. The lowest BCUT2D eigenvalue weighted by atomic mass is 10.3. The third-order valence-corrected chi connectivity index (χ3v) is 2.42. The smallest absolute Gasteiger partial charge is 0.265 e. The number of nitrogens with one attached hydrogen (secondary N) is 1. The second-order valence-electron chi connectivity index (χ2n) is 2.61. The highest BCUT2D eigenvalue weighted by molar-refractivity contribution is 7.13. The van der Waals surface area contributed by atoms with E-state index in [0.717, 1.165) is 10.1 Å². The number of H-pyrrole nitrogens is 1. The lowest BCUT2D eigenvalue weighted by Gasteiger charge is -1.79. The maximum atomic E-state index is 10.9. The van der Waals surface area contributed by atoms with Crippen LogP contribution in [0.1, 0.15) is 0 Å². The van der Waals surface area contributed by atoms with Gasteiger partial charge < -0.3 is 11.5 Å². The Hall–Kier alpha value is -1.17. The van der Waals surface area contributed by atoms with Gasteiger partial charge in [-0.05, 0) is 12.1 Å². The van der Waals surface area contributed by atoms with Crippen molar-refractivity contribution in [2.24, 2.45) is 11.5 Å². The van der Waals surface area contributed by atoms with Gasteiger partial charge in [-0.2, -0.15) is 0 Å². The van der Waals surface area contributed by atoms with Gasteiger partial charge in [0.05, 0.1) is 10.1 Å². The van der Waals surface area contributed by atoms with Gasteiger partial charge in [0.2, 0.25) is 0 Å². The van der Waals surface area contributed by atoms with Gasteiger partial charge in [-0.15, -0.1) is 0 Å². The molecule has 5 heteroatoms. The third kappa shape index (κ3) is 2.66. The first-order valence-corrected chi connectivity index (χ1v) is 5.07. The van der Waals surface area contributed by atoms with Gasteiger partial charge in [0.1, 0.15) is 0 Å². The van der Waals surface area contributed by atoms with Crippen molar-refractivity contribution < 1.29 is 0 Å². The number of benzene rings is 1. The molecule has 0 radical (unpaired) electrons. The van der Waals surface area contributed by atoms with Crippen molar-refractivity contribution in [3.05, 3.63) is 34.6 Å². The van der Waals surface area contributed by atoms with E-state index in [1.54, 1.807) is 0 Å². The second kappa shape index (κ2) is 5.54. The summed E-state index contributed by atoms with van der Waals surface area (Å²) in [6.45, 7) is 1.19. The van der Waals surface area contributed by atoms with Crippen LogP contribution in [0.3, 0.4) is 0 Å². The fourth-order valence-corrected chi connectivity index (χ4v) is 1.63. The summed E-state index contributed by atoms with van der Waals surface area (Å²) in [5.41, 5.74) is 9.82. The summed E-state index contributed by atoms with van der Waals surface area (Å²) in [7, 11) is 0. The molecule has 0 fully saturated rings. The molecule has 76 valence electrons. The molecule has 0 aliphatic heterocycles. The van der Waals surface area contributed by atoms with Crippen molar-refractivity contribution in [1.82, 2.24) is 4.37 Å². The maximum absolute atomic E-state index is 10.9. The average Bonchev–Trinajstić information content (AvgIpc) is 2.62. The zero-order valence-electron chi connectivity index (χ0n) is 7.69. The van der Waals surface area contributed by atoms with Gasteiger partial charge in [-0.25, -0.2) is 0 Å². The summed E-state index contributed by atoms with van der Waals surface area (Å²) in [4.78, 5) is 10.9. The molecule has 0 unspecified atom stereocenters. The Balaban J connectivity index is 0.000000213. The standard InChI is InChI=1S/C7H5NOS.C2H8N2/c9-7-5-3-1-2-4-6(5)10-8-7;3-1-2-4/h1-4H,(H,8,9);1-4H2. The Morgan fingerprint density at radius 1 is 1.21 bits per heavy atom. The molecular formula is C9H13N3OS. The molecule has 0 aliphatic carbocycles. The highest BCUT2D eigenvalue weighted by Crippen LogP contribution is 2.11. The molecule has 5 N–H and O–H groups in total. The summed E-state index contributed by atoms with van der Waals surface area (Å²) >= 11 is 1.38. The van der Waals surface area contributed by atoms with Crippen LogP contribution in [0.4, 0.5) is 0 Å². The molecular weight excluding hydrogens is 198 g/mol. The summed E-state index contributed by atoms with van der Waals surface area (Å²) in [6, 6.07) is 7.54. The highest BCUT2D eigenvalue weighted by Gasteiger charge is 1.96. The number of hydrogen-bond donors (Lipinski definition) is 3. The Morgan fingerprint density at radius 3 is 2.43 bits per heavy atom. The molecule has 0 atom stereocenters. The first-order valence-electron chi connectivity index (χ1n) is 4.26. The van der Waals surface area contributed by atoms with E-state index >= 15 is 0 Å². The van der Waals surface area contributed by atoms with Gasteiger partial charge in [-0.3, -0.25) is 9.17 Å². The molecule has 2 rings (SSSR count). The minimum atomic E-state index is 0.0144. The van der Waals surface area contributed by atoms with Crippen LogP contribution in [0, 0.1) is 0 Å². The van der Waals surface area contributed by atoms with Crippen LogP contribution in [0.25, 0.3) is 10.1 Å². The van der Waals surface area contributed by atoms with Crippen LogP contribution in [-0.2, 0) is 0 Å². The summed E-state index contributed by atoms with van der Waals surface area (Å²) in [5.74, 6) is 0. The van der Waals surface area contributed by atoms with E-state index in [1.165, 1.54) is 11.5 Å². The predicted octanol–water partition coefficient (Wildman–Crippen LogP) is 0.493. The molecule has 0 bridgehead atoms. The van der Waals surface area contributed by atoms with E-state index in [-0.39, 0.29) is 5.56 Å². The monoisotopic (exact) mass is 211 g/mol. The molecule has 1 aromatic carbocycles. The summed E-state index contributed by atoms with van der Waals surface area (Å²) in [5, 5.41) is 0.785. The van der Waals surface area contributed by atoms with Crippen molar-refractivity contribution in [1.29, 1.82) is 0 Å². The minimum Gasteiger partial charge on any atom is -0.329 e. The van der Waals surface area contributed by atoms with Crippen LogP contribution in [-0.4, -0.2) is 17.5 Å². The molecule has 0 spiro atoms. The van der Waals surface area contributed by atoms with Gasteiger partial charge in [0.25, 0.3) is 5.56 Å². The molecule has 0 aliphatic rings. The van der Waals surface area contributed by atoms with Crippen LogP contribution >= 0.6 is 11.5 Å². The number of rotatable bonds is 1. The van der Waals surface area contributed by atoms with Crippen molar-refractivity contribution >= 4 is 21.6 Å². The highest BCUT2D eigenvalue weighted by atomic mass is 32.1. The molecule has 1 aromatic heterocycles. The van der Waals surface area contributed by atoms with Crippen molar-refractivity contribution in [2.45, 2.75) is 0 Å². The topological polar surface area (TPSA) is 84.9 Å². The van der Waals surface area contributed by atoms with Gasteiger partial charge in [-0.1, -0.05) is 23.7 Å². The molecule has 2 aromatic rings. The average molecular weight is 211 g/mol. The molecule has 0 amide bonds. The predicted molar refractivity (Wildman–Crippen MR) is 60.6 cm³/mol. The molecule has 14 heavy (non-hydrogen) atoms. The third-order valence-electron chi connectivity index (χ3n) is 1.55. The number of aromatic nitrogens is 1. The van der Waals surface area contributed by atoms with Crippen LogP contribution in [0.2, 0.25) is 0 Å². The van der Waals surface area contributed by atoms with Gasteiger partial charge >= 0.3 is 0 Å². The van der Waals surface area contributed by atoms with E-state index < -0.39 is 0 Å². The van der Waals surface area contributed by atoms with E-state index in [9.17, 15) is 4.79 Å². The Labute approximate surface area is 85.7 Å². The van der Waals surface area contributed by atoms with Gasteiger partial charge in [0.15, 0.2) is 0 Å². The second-order valence-corrected chi connectivity index (χ2v) is 3.45. The number of hydrogen-bond acceptors (Lipinski definition) is 4. The minimum absolute atomic E-state index is 0.0144. The molecule has 4 nitrogen and oxygen atoms in total. The maximum Gasteiger partial charge on any atom is 0.265 e. The fraction of sp³-hybridized carbons (Fsp3) is 0.222. The normalized spacial score (nSPS) is 9.57. The van der Waals surface area contributed by atoms with E-state index in [4.69, 9.17) is 11.5 Å². The first-order chi connectivity index (χ1) is 6.79. The van der Waals surface area contributed by atoms with Crippen molar-refractivity contribution in [3.8, 4) is 0 Å². The van der Waals surface area contributed by atoms with Crippen LogP contribution in [0.5, 0.6) is 0 Å². The lowest BCUT2D eigenvalue weighted by Crippen LogP contribution is -2.11. The zero-order valence-corrected chi connectivity index (χ0v) is 8.51. The molecule has 0 saturated heterocycles. The quantitative estimate of drug-likeness (QED) is 0.642. The fourth-order valence-electron chi connectivity index (χ4n) is 0.900. The largest absolute Gasteiger partial charge is 0.329 e. The number of aromatic amines is 1. The Morgan fingerprint density at radius 2 is 1.86 bits per heavy atom. The number of nitrogens with two attached hydrogens (primary N) is 2. The lowest BCUT2D eigenvalue weighted by molar-refractivity contribution is 0.976. The zero-order chi connectivity index (χ0) is 10.4. The summed E-state index contributed by atoms with van der Waals surface area (Å²) < 4.78 is 3.68. The van der Waals surface area contributed by atoms with Crippen LogP contribution in [0.15, 0.2) is 29.1 Å². The number of fused-ring (bicyclic) bond motifs is 1. The van der Waals surface area contributed by atoms with E-state index in [1.807, 2.05) is 24.3 Å². The molecule has 1 heterocycles. The molecule has 0 saturated carbocycles. The van der Waals surface area contributed by atoms with E-state index in [2.05, 4.69) is 4.37 Å². The SMILES string of the molecule is NCCN.O=c1[nH]sc2ccccc12. The van der Waals surface area contributed by atoms with Crippen LogP contribution < -0.4 is 17.0 Å². The van der Waals surface area contributed by atoms with E-state index in [0.29, 0.717) is 13.1 Å². The Bertz CT molecular complexity index is 433. The summed E-state index contributed by atoms with van der Waals surface area (Å²) in [6.07, 6.45) is 0. The van der Waals surface area contributed by atoms with Crippen molar-refractivity contribution in [3.63, 3.8) is 0 Å². The van der Waals surface area contributed by atoms with Crippen molar-refractivity contribution in [2.75, 3.05) is 13.1 Å². The van der Waals surface area contributed by atoms with Gasteiger partial charge in [0, 0.05) is 13.1 Å².